The summed E-state index contributed by atoms with van der Waals surface area (Å²) in [6, 6.07) is 10.2. The van der Waals surface area contributed by atoms with Crippen LogP contribution in [-0.4, -0.2) is 16.3 Å². The zero-order chi connectivity index (χ0) is 14.8. The van der Waals surface area contributed by atoms with Crippen LogP contribution in [0.15, 0.2) is 47.4 Å². The Balaban J connectivity index is 2.54. The summed E-state index contributed by atoms with van der Waals surface area (Å²) >= 11 is 1.77. The van der Waals surface area contributed by atoms with Crippen molar-refractivity contribution in [1.29, 1.82) is 0 Å². The molecule has 1 unspecified atom stereocenters. The van der Waals surface area contributed by atoms with Crippen LogP contribution in [0.2, 0.25) is 0 Å². The molecule has 0 fully saturated rings. The predicted octanol–water partition coefficient (Wildman–Crippen LogP) is 5.15. The van der Waals surface area contributed by atoms with E-state index in [1.807, 2.05) is 18.2 Å². The summed E-state index contributed by atoms with van der Waals surface area (Å²) in [6.45, 7) is 5.86. The summed E-state index contributed by atoms with van der Waals surface area (Å²) in [5.41, 5.74) is 0.314. The monoisotopic (exact) mass is 292 g/mol. The van der Waals surface area contributed by atoms with Crippen molar-refractivity contribution in [3.05, 3.63) is 42.5 Å². The first kappa shape index (κ1) is 16.8. The summed E-state index contributed by atoms with van der Waals surface area (Å²) in [4.78, 5) is 12.2. The fraction of sp³-hybridized carbons (Fsp3) is 0.471. The lowest BCUT2D eigenvalue weighted by Crippen LogP contribution is -2.09. The van der Waals surface area contributed by atoms with Crippen molar-refractivity contribution < 1.29 is 9.90 Å². The Kier molecular flexibility index (Phi) is 8.12. The molecule has 1 atom stereocenters. The summed E-state index contributed by atoms with van der Waals surface area (Å²) < 4.78 is 0. The summed E-state index contributed by atoms with van der Waals surface area (Å²) in [7, 11) is 0. The molecule has 0 amide bonds. The van der Waals surface area contributed by atoms with Crippen LogP contribution in [0.25, 0.3) is 0 Å². The average Bonchev–Trinajstić information content (AvgIpc) is 2.44. The van der Waals surface area contributed by atoms with Gasteiger partial charge in [0, 0.05) is 15.7 Å². The molecule has 1 N–H and O–H groups in total. The lowest BCUT2D eigenvalue weighted by atomic mass is 10.1. The second kappa shape index (κ2) is 9.65. The molecular weight excluding hydrogens is 268 g/mol. The molecule has 110 valence electrons. The minimum atomic E-state index is -0.878. The topological polar surface area (TPSA) is 37.3 Å². The Labute approximate surface area is 126 Å². The zero-order valence-corrected chi connectivity index (χ0v) is 13.0. The predicted molar refractivity (Wildman–Crippen MR) is 86.2 cm³/mol. The van der Waals surface area contributed by atoms with Gasteiger partial charge in [0.15, 0.2) is 0 Å². The molecule has 1 aromatic carbocycles. The maximum absolute atomic E-state index is 11.0. The molecule has 0 aliphatic rings. The number of carboxylic acids is 1. The summed E-state index contributed by atoms with van der Waals surface area (Å²) in [5, 5.41) is 9.30. The molecule has 0 spiro atoms. The lowest BCUT2D eigenvalue weighted by Gasteiger charge is -2.16. The highest BCUT2D eigenvalue weighted by Gasteiger charge is 2.15. The highest BCUT2D eigenvalue weighted by atomic mass is 32.2. The molecule has 0 saturated carbocycles. The highest BCUT2D eigenvalue weighted by Crippen LogP contribution is 2.30. The average molecular weight is 292 g/mol. The molecule has 0 aromatic heterocycles. The Morgan fingerprint density at radius 2 is 1.95 bits per heavy atom. The molecule has 2 nitrogen and oxygen atoms in total. The third kappa shape index (κ3) is 6.80. The Morgan fingerprint density at radius 3 is 2.55 bits per heavy atom. The van der Waals surface area contributed by atoms with Gasteiger partial charge in [0.25, 0.3) is 0 Å². The minimum Gasteiger partial charge on any atom is -0.478 e. The van der Waals surface area contributed by atoms with Crippen LogP contribution in [0.5, 0.6) is 0 Å². The van der Waals surface area contributed by atoms with Crippen molar-refractivity contribution in [2.75, 3.05) is 0 Å². The number of carboxylic acid groups (broad SMARTS) is 1. The lowest BCUT2D eigenvalue weighted by molar-refractivity contribution is -0.132. The first-order chi connectivity index (χ1) is 9.63. The molecule has 20 heavy (non-hydrogen) atoms. The van der Waals surface area contributed by atoms with Gasteiger partial charge in [-0.15, -0.1) is 11.8 Å². The van der Waals surface area contributed by atoms with E-state index in [-0.39, 0.29) is 0 Å². The largest absolute Gasteiger partial charge is 0.478 e. The van der Waals surface area contributed by atoms with Gasteiger partial charge in [-0.05, 0) is 25.0 Å². The Morgan fingerprint density at radius 1 is 1.25 bits per heavy atom. The van der Waals surface area contributed by atoms with Gasteiger partial charge in [-0.3, -0.25) is 0 Å². The van der Waals surface area contributed by atoms with Crippen molar-refractivity contribution in [3.8, 4) is 0 Å². The molecule has 1 rings (SSSR count). The van der Waals surface area contributed by atoms with Crippen molar-refractivity contribution in [3.63, 3.8) is 0 Å². The van der Waals surface area contributed by atoms with E-state index in [0.29, 0.717) is 17.2 Å². The molecule has 0 aliphatic carbocycles. The van der Waals surface area contributed by atoms with Crippen LogP contribution in [-0.2, 0) is 4.79 Å². The first-order valence-corrected chi connectivity index (χ1v) is 8.14. The fourth-order valence-corrected chi connectivity index (χ4v) is 3.32. The molecule has 0 bridgehead atoms. The fourth-order valence-electron chi connectivity index (χ4n) is 2.06. The van der Waals surface area contributed by atoms with Crippen molar-refractivity contribution in [2.45, 2.75) is 55.6 Å². The van der Waals surface area contributed by atoms with Crippen molar-refractivity contribution >= 4 is 17.7 Å². The van der Waals surface area contributed by atoms with Crippen LogP contribution >= 0.6 is 11.8 Å². The third-order valence-electron chi connectivity index (χ3n) is 3.20. The molecule has 3 heteroatoms. The number of rotatable bonds is 10. The van der Waals surface area contributed by atoms with Gasteiger partial charge >= 0.3 is 5.97 Å². The SMILES string of the molecule is C=C(CC(CCCCCC)Sc1ccccc1)C(=O)O. The number of benzene rings is 1. The number of unbranched alkanes of at least 4 members (excludes halogenated alkanes) is 3. The van der Waals surface area contributed by atoms with Gasteiger partial charge in [-0.25, -0.2) is 4.79 Å². The molecule has 0 aliphatic heterocycles. The van der Waals surface area contributed by atoms with E-state index < -0.39 is 5.97 Å². The van der Waals surface area contributed by atoms with E-state index in [4.69, 9.17) is 5.11 Å². The first-order valence-electron chi connectivity index (χ1n) is 7.26. The van der Waals surface area contributed by atoms with Gasteiger partial charge in [0.2, 0.25) is 0 Å². The second-order valence-electron chi connectivity index (χ2n) is 5.02. The maximum Gasteiger partial charge on any atom is 0.330 e. The summed E-state index contributed by atoms with van der Waals surface area (Å²) in [6.07, 6.45) is 6.46. The van der Waals surface area contributed by atoms with E-state index in [0.717, 1.165) is 12.8 Å². The molecule has 1 aromatic rings. The van der Waals surface area contributed by atoms with Crippen LogP contribution in [0.4, 0.5) is 0 Å². The number of aliphatic carboxylic acids is 1. The van der Waals surface area contributed by atoms with E-state index in [2.05, 4.69) is 25.6 Å². The molecule has 0 heterocycles. The number of hydrogen-bond acceptors (Lipinski definition) is 2. The van der Waals surface area contributed by atoms with Crippen LogP contribution < -0.4 is 0 Å². The van der Waals surface area contributed by atoms with Crippen molar-refractivity contribution in [2.24, 2.45) is 0 Å². The maximum atomic E-state index is 11.0. The van der Waals surface area contributed by atoms with Gasteiger partial charge < -0.3 is 5.11 Å². The van der Waals surface area contributed by atoms with E-state index in [1.54, 1.807) is 11.8 Å². The van der Waals surface area contributed by atoms with Gasteiger partial charge in [-0.2, -0.15) is 0 Å². The number of hydrogen-bond donors (Lipinski definition) is 1. The van der Waals surface area contributed by atoms with Gasteiger partial charge in [0.1, 0.15) is 0 Å². The Hall–Kier alpha value is -1.22. The number of thioether (sulfide) groups is 1. The normalized spacial score (nSPS) is 12.1. The number of carbonyl (C=O) groups is 1. The van der Waals surface area contributed by atoms with Gasteiger partial charge in [0.05, 0.1) is 0 Å². The highest BCUT2D eigenvalue weighted by molar-refractivity contribution is 8.00. The van der Waals surface area contributed by atoms with Gasteiger partial charge in [-0.1, -0.05) is 57.4 Å². The zero-order valence-electron chi connectivity index (χ0n) is 12.2. The van der Waals surface area contributed by atoms with Crippen LogP contribution in [0.1, 0.15) is 45.4 Å². The molecular formula is C17H24O2S. The summed E-state index contributed by atoms with van der Waals surface area (Å²) in [5.74, 6) is -0.878. The van der Waals surface area contributed by atoms with Crippen LogP contribution in [0, 0.1) is 0 Å². The molecule has 0 saturated heterocycles. The Bertz CT molecular complexity index is 414. The second-order valence-corrected chi connectivity index (χ2v) is 6.39. The standard InChI is InChI=1S/C17H24O2S/c1-3-4-5-7-12-16(13-14(2)17(18)19)20-15-10-8-6-9-11-15/h6,8-11,16H,2-5,7,12-13H2,1H3,(H,18,19). The molecule has 0 radical (unpaired) electrons. The minimum absolute atomic E-state index is 0.304. The third-order valence-corrected chi connectivity index (χ3v) is 4.48. The van der Waals surface area contributed by atoms with E-state index >= 15 is 0 Å². The quantitative estimate of drug-likeness (QED) is 0.368. The van der Waals surface area contributed by atoms with Crippen LogP contribution in [0.3, 0.4) is 0 Å². The van der Waals surface area contributed by atoms with E-state index in [1.165, 1.54) is 24.2 Å². The smallest absolute Gasteiger partial charge is 0.330 e. The van der Waals surface area contributed by atoms with E-state index in [9.17, 15) is 4.79 Å². The van der Waals surface area contributed by atoms with Crippen molar-refractivity contribution in [1.82, 2.24) is 0 Å².